The third-order valence-corrected chi connectivity index (χ3v) is 7.86. The summed E-state index contributed by atoms with van der Waals surface area (Å²) in [6, 6.07) is 20.5. The number of piperidine rings is 1. The Labute approximate surface area is 205 Å². The largest absolute Gasteiger partial charge is 0.337 e. The summed E-state index contributed by atoms with van der Waals surface area (Å²) in [4.78, 5) is 30.0. The number of hydrogen-bond acceptors (Lipinski definition) is 3. The van der Waals surface area contributed by atoms with E-state index in [1.807, 2.05) is 47.4 Å². The molecule has 1 fully saturated rings. The molecule has 7 heteroatoms. The first kappa shape index (κ1) is 22.8. The van der Waals surface area contributed by atoms with Crippen LogP contribution in [0.15, 0.2) is 72.4 Å². The van der Waals surface area contributed by atoms with Crippen LogP contribution in [0.1, 0.15) is 34.5 Å². The van der Waals surface area contributed by atoms with Gasteiger partial charge in [-0.1, -0.05) is 48.0 Å². The average Bonchev–Trinajstić information content (AvgIpc) is 3.33. The van der Waals surface area contributed by atoms with E-state index in [9.17, 15) is 9.59 Å². The van der Waals surface area contributed by atoms with Crippen LogP contribution in [-0.2, 0) is 4.79 Å². The molecule has 0 unspecified atom stereocenters. The van der Waals surface area contributed by atoms with E-state index in [2.05, 4.69) is 21.2 Å². The molecule has 1 N–H and O–H groups in total. The van der Waals surface area contributed by atoms with Crippen LogP contribution in [-0.4, -0.2) is 29.8 Å². The minimum absolute atomic E-state index is 0.173. The molecule has 4 nitrogen and oxygen atoms in total. The number of benzene rings is 2. The minimum Gasteiger partial charge on any atom is -0.337 e. The van der Waals surface area contributed by atoms with Crippen molar-refractivity contribution in [2.24, 2.45) is 0 Å². The molecule has 0 atom stereocenters. The number of halogens is 2. The van der Waals surface area contributed by atoms with Gasteiger partial charge in [-0.2, -0.15) is 0 Å². The third kappa shape index (κ3) is 5.14. The predicted molar refractivity (Wildman–Crippen MR) is 135 cm³/mol. The second-order valence-corrected chi connectivity index (χ2v) is 9.79. The molecule has 0 saturated carbocycles. The molecule has 2 amide bonds. The Bertz CT molecular complexity index is 1150. The van der Waals surface area contributed by atoms with Gasteiger partial charge in [0.25, 0.3) is 11.8 Å². The molecule has 2 heterocycles. The van der Waals surface area contributed by atoms with Crippen LogP contribution in [0.4, 0.5) is 0 Å². The van der Waals surface area contributed by atoms with Crippen molar-refractivity contribution < 1.29 is 9.59 Å². The van der Waals surface area contributed by atoms with Crippen molar-refractivity contribution in [3.63, 3.8) is 0 Å². The highest BCUT2D eigenvalue weighted by atomic mass is 79.9. The molecule has 0 spiro atoms. The van der Waals surface area contributed by atoms with E-state index in [1.165, 1.54) is 11.3 Å². The number of amides is 2. The molecule has 4 rings (SSSR count). The Morgan fingerprint density at radius 3 is 2.31 bits per heavy atom. The molecular weight excluding hydrogens is 508 g/mol. The van der Waals surface area contributed by atoms with Gasteiger partial charge in [-0.25, -0.2) is 0 Å². The third-order valence-electron chi connectivity index (χ3n) is 5.31. The average molecular weight is 530 g/mol. The van der Waals surface area contributed by atoms with Crippen molar-refractivity contribution in [1.82, 2.24) is 10.2 Å². The lowest BCUT2D eigenvalue weighted by Crippen LogP contribution is -2.41. The van der Waals surface area contributed by atoms with Gasteiger partial charge < -0.3 is 10.2 Å². The quantitative estimate of drug-likeness (QED) is 0.380. The summed E-state index contributed by atoms with van der Waals surface area (Å²) in [7, 11) is 0. The van der Waals surface area contributed by atoms with E-state index in [0.29, 0.717) is 28.2 Å². The molecule has 0 bridgehead atoms. The van der Waals surface area contributed by atoms with Crippen molar-refractivity contribution in [1.29, 1.82) is 0 Å². The first-order valence-corrected chi connectivity index (χ1v) is 12.4. The van der Waals surface area contributed by atoms with E-state index >= 15 is 0 Å². The lowest BCUT2D eigenvalue weighted by molar-refractivity contribution is -0.128. The zero-order chi connectivity index (χ0) is 22.5. The van der Waals surface area contributed by atoms with Crippen LogP contribution in [0.3, 0.4) is 0 Å². The van der Waals surface area contributed by atoms with Gasteiger partial charge in [-0.3, -0.25) is 9.59 Å². The summed E-state index contributed by atoms with van der Waals surface area (Å²) >= 11 is 11.5. The van der Waals surface area contributed by atoms with Crippen molar-refractivity contribution in [2.75, 3.05) is 13.1 Å². The maximum Gasteiger partial charge on any atom is 0.271 e. The smallest absolute Gasteiger partial charge is 0.271 e. The van der Waals surface area contributed by atoms with Crippen molar-refractivity contribution in [2.45, 2.75) is 19.3 Å². The monoisotopic (exact) mass is 528 g/mol. The first-order valence-electron chi connectivity index (χ1n) is 10.4. The van der Waals surface area contributed by atoms with E-state index in [4.69, 9.17) is 11.6 Å². The summed E-state index contributed by atoms with van der Waals surface area (Å²) in [5.74, 6) is -0.487. The minimum atomic E-state index is -0.314. The number of rotatable bonds is 5. The number of likely N-dealkylation sites (tertiary alicyclic amines) is 1. The van der Waals surface area contributed by atoms with E-state index in [1.54, 1.807) is 24.3 Å². The fraction of sp³-hybridized carbons (Fsp3) is 0.200. The SMILES string of the molecule is O=C(N/C(C(=O)N1CCCCC1)=C(/Br)c1ccc(-c2ccccc2Cl)s1)c1ccccc1. The topological polar surface area (TPSA) is 49.4 Å². The highest BCUT2D eigenvalue weighted by Gasteiger charge is 2.26. The van der Waals surface area contributed by atoms with Crippen LogP contribution >= 0.6 is 38.9 Å². The second-order valence-electron chi connectivity index (χ2n) is 7.51. The highest BCUT2D eigenvalue weighted by molar-refractivity contribution is 9.15. The Hall–Kier alpha value is -2.41. The molecule has 1 aromatic heterocycles. The molecule has 32 heavy (non-hydrogen) atoms. The van der Waals surface area contributed by atoms with Crippen LogP contribution in [0, 0.1) is 0 Å². The highest BCUT2D eigenvalue weighted by Crippen LogP contribution is 2.38. The van der Waals surface area contributed by atoms with E-state index in [-0.39, 0.29) is 17.5 Å². The first-order chi connectivity index (χ1) is 15.5. The molecular formula is C25H22BrClN2O2S. The number of carbonyl (C=O) groups is 2. The summed E-state index contributed by atoms with van der Waals surface area (Å²) in [6.45, 7) is 1.39. The summed E-state index contributed by atoms with van der Waals surface area (Å²) in [6.07, 6.45) is 3.06. The van der Waals surface area contributed by atoms with Gasteiger partial charge in [0.2, 0.25) is 0 Å². The van der Waals surface area contributed by atoms with Gasteiger partial charge in [0.15, 0.2) is 0 Å². The maximum absolute atomic E-state index is 13.4. The van der Waals surface area contributed by atoms with E-state index in [0.717, 1.165) is 34.6 Å². The molecule has 0 radical (unpaired) electrons. The lowest BCUT2D eigenvalue weighted by Gasteiger charge is -2.28. The predicted octanol–water partition coefficient (Wildman–Crippen LogP) is 6.57. The molecule has 1 aliphatic heterocycles. The fourth-order valence-electron chi connectivity index (χ4n) is 3.62. The zero-order valence-corrected chi connectivity index (χ0v) is 20.5. The van der Waals surface area contributed by atoms with Gasteiger partial charge in [0.1, 0.15) is 5.70 Å². The van der Waals surface area contributed by atoms with Crippen LogP contribution in [0.5, 0.6) is 0 Å². The second kappa shape index (κ2) is 10.5. The van der Waals surface area contributed by atoms with Crippen molar-refractivity contribution in [3.05, 3.63) is 87.9 Å². The Morgan fingerprint density at radius 2 is 1.59 bits per heavy atom. The molecule has 3 aromatic rings. The zero-order valence-electron chi connectivity index (χ0n) is 17.3. The van der Waals surface area contributed by atoms with Gasteiger partial charge >= 0.3 is 0 Å². The van der Waals surface area contributed by atoms with Crippen molar-refractivity contribution in [3.8, 4) is 10.4 Å². The Morgan fingerprint density at radius 1 is 0.906 bits per heavy atom. The van der Waals surface area contributed by atoms with Gasteiger partial charge in [-0.15, -0.1) is 11.3 Å². The van der Waals surface area contributed by atoms with Crippen LogP contribution in [0.25, 0.3) is 14.9 Å². The summed E-state index contributed by atoms with van der Waals surface area (Å²) in [5.41, 5.74) is 1.69. The number of carbonyl (C=O) groups excluding carboxylic acids is 2. The van der Waals surface area contributed by atoms with Gasteiger partial charge in [0, 0.05) is 39.0 Å². The molecule has 2 aromatic carbocycles. The van der Waals surface area contributed by atoms with Crippen LogP contribution in [0.2, 0.25) is 5.02 Å². The van der Waals surface area contributed by atoms with Crippen molar-refractivity contribution >= 4 is 55.2 Å². The number of nitrogens with one attached hydrogen (secondary N) is 1. The summed E-state index contributed by atoms with van der Waals surface area (Å²) in [5, 5.41) is 3.54. The number of hydrogen-bond donors (Lipinski definition) is 1. The molecule has 1 aliphatic rings. The van der Waals surface area contributed by atoms with Gasteiger partial charge in [0.05, 0.1) is 4.48 Å². The fourth-order valence-corrected chi connectivity index (χ4v) is 5.54. The summed E-state index contributed by atoms with van der Waals surface area (Å²) < 4.78 is 0.570. The Balaban J connectivity index is 1.70. The molecule has 1 saturated heterocycles. The normalized spacial score (nSPS) is 14.6. The maximum atomic E-state index is 13.4. The number of nitrogens with zero attached hydrogens (tertiary/aromatic N) is 1. The van der Waals surface area contributed by atoms with Crippen LogP contribution < -0.4 is 5.32 Å². The molecule has 0 aliphatic carbocycles. The van der Waals surface area contributed by atoms with Gasteiger partial charge in [-0.05, 0) is 65.5 Å². The number of thiophene rings is 1. The molecule has 164 valence electrons. The Kier molecular flexibility index (Phi) is 7.45. The lowest BCUT2D eigenvalue weighted by atomic mass is 10.1. The standard InChI is InChI=1S/C25H22BrClN2O2S/c26-22(21-14-13-20(32-21)18-11-5-6-12-19(18)27)23(25(31)29-15-7-2-8-16-29)28-24(30)17-9-3-1-4-10-17/h1,3-6,9-14H,2,7-8,15-16H2,(H,28,30)/b23-22+. The van der Waals surface area contributed by atoms with E-state index < -0.39 is 0 Å².